The Morgan fingerprint density at radius 1 is 1.06 bits per heavy atom. The van der Waals surface area contributed by atoms with Crippen molar-refractivity contribution in [3.63, 3.8) is 0 Å². The summed E-state index contributed by atoms with van der Waals surface area (Å²) in [6.45, 7) is 1.88. The fraction of sp³-hybridized carbons (Fsp3) is 0.267. The van der Waals surface area contributed by atoms with Crippen molar-refractivity contribution in [3.05, 3.63) is 59.8 Å². The lowest BCUT2D eigenvalue weighted by Crippen LogP contribution is -2.17. The Balaban J connectivity index is 1.96. The Labute approximate surface area is 108 Å². The molecule has 3 heteroatoms. The van der Waals surface area contributed by atoms with E-state index in [1.54, 1.807) is 0 Å². The molecule has 0 fully saturated rings. The molecule has 2 aromatic rings. The van der Waals surface area contributed by atoms with Gasteiger partial charge in [-0.25, -0.2) is 4.98 Å². The van der Waals surface area contributed by atoms with Crippen LogP contribution in [0.3, 0.4) is 0 Å². The van der Waals surface area contributed by atoms with Gasteiger partial charge in [-0.2, -0.15) is 0 Å². The first kappa shape index (κ1) is 12.6. The van der Waals surface area contributed by atoms with Gasteiger partial charge in [0, 0.05) is 26.3 Å². The molecule has 0 radical (unpaired) electrons. The van der Waals surface area contributed by atoms with E-state index in [4.69, 9.17) is 0 Å². The van der Waals surface area contributed by atoms with E-state index in [9.17, 15) is 0 Å². The van der Waals surface area contributed by atoms with Crippen molar-refractivity contribution in [1.82, 2.24) is 9.88 Å². The largest absolute Gasteiger partial charge is 0.373 e. The zero-order valence-corrected chi connectivity index (χ0v) is 10.9. The average molecular weight is 241 g/mol. The van der Waals surface area contributed by atoms with Gasteiger partial charge >= 0.3 is 0 Å². The predicted molar refractivity (Wildman–Crippen MR) is 75.4 cm³/mol. The smallest absolute Gasteiger partial charge is 0.125 e. The number of hydrogen-bond acceptors (Lipinski definition) is 3. The van der Waals surface area contributed by atoms with Crippen LogP contribution in [0, 0.1) is 0 Å². The van der Waals surface area contributed by atoms with Gasteiger partial charge in [0.05, 0.1) is 0 Å². The summed E-state index contributed by atoms with van der Waals surface area (Å²) in [5, 5.41) is 3.06. The van der Waals surface area contributed by atoms with Crippen molar-refractivity contribution in [3.8, 4) is 0 Å². The Morgan fingerprint density at radius 2 is 1.78 bits per heavy atom. The normalized spacial score (nSPS) is 10.6. The lowest BCUT2D eigenvalue weighted by atomic mass is 10.2. The number of aromatic nitrogens is 1. The highest BCUT2D eigenvalue weighted by Gasteiger charge is 2.02. The molecular formula is C15H19N3. The van der Waals surface area contributed by atoms with E-state index in [-0.39, 0.29) is 0 Å². The zero-order valence-electron chi connectivity index (χ0n) is 10.9. The molecule has 0 unspecified atom stereocenters. The molecule has 0 aliphatic rings. The standard InChI is InChI=1S/C15H19N3/c1-16-15-10-14(8-9-17-15)12-18(2)11-13-6-4-3-5-7-13/h3-10H,11-12H2,1-2H3,(H,16,17). The minimum atomic E-state index is 0.917. The summed E-state index contributed by atoms with van der Waals surface area (Å²) >= 11 is 0. The van der Waals surface area contributed by atoms with Crippen LogP contribution in [0.15, 0.2) is 48.7 Å². The van der Waals surface area contributed by atoms with Gasteiger partial charge in [-0.15, -0.1) is 0 Å². The van der Waals surface area contributed by atoms with Crippen LogP contribution in [-0.2, 0) is 13.1 Å². The van der Waals surface area contributed by atoms with E-state index < -0.39 is 0 Å². The van der Waals surface area contributed by atoms with Crippen LogP contribution >= 0.6 is 0 Å². The third-order valence-electron chi connectivity index (χ3n) is 2.83. The number of nitrogens with zero attached hydrogens (tertiary/aromatic N) is 2. The third-order valence-corrected chi connectivity index (χ3v) is 2.83. The lowest BCUT2D eigenvalue weighted by Gasteiger charge is -2.17. The number of benzene rings is 1. The molecule has 1 aromatic heterocycles. The molecular weight excluding hydrogens is 222 g/mol. The highest BCUT2D eigenvalue weighted by atomic mass is 15.1. The van der Waals surface area contributed by atoms with Crippen LogP contribution in [0.1, 0.15) is 11.1 Å². The molecule has 94 valence electrons. The summed E-state index contributed by atoms with van der Waals surface area (Å²) in [6.07, 6.45) is 1.84. The summed E-state index contributed by atoms with van der Waals surface area (Å²) in [4.78, 5) is 6.52. The molecule has 0 spiro atoms. The van der Waals surface area contributed by atoms with Crippen molar-refractivity contribution in [1.29, 1.82) is 0 Å². The second kappa shape index (κ2) is 6.17. The van der Waals surface area contributed by atoms with Gasteiger partial charge in [0.15, 0.2) is 0 Å². The maximum Gasteiger partial charge on any atom is 0.125 e. The second-order valence-electron chi connectivity index (χ2n) is 4.46. The zero-order chi connectivity index (χ0) is 12.8. The van der Waals surface area contributed by atoms with Crippen LogP contribution in [0.2, 0.25) is 0 Å². The number of nitrogens with one attached hydrogen (secondary N) is 1. The third kappa shape index (κ3) is 3.57. The summed E-state index contributed by atoms with van der Waals surface area (Å²) in [5.41, 5.74) is 2.61. The maximum absolute atomic E-state index is 4.22. The minimum Gasteiger partial charge on any atom is -0.373 e. The first-order valence-corrected chi connectivity index (χ1v) is 6.13. The Morgan fingerprint density at radius 3 is 2.50 bits per heavy atom. The monoisotopic (exact) mass is 241 g/mol. The van der Waals surface area contributed by atoms with Crippen molar-refractivity contribution in [2.75, 3.05) is 19.4 Å². The number of anilines is 1. The molecule has 0 amide bonds. The van der Waals surface area contributed by atoms with E-state index >= 15 is 0 Å². The van der Waals surface area contributed by atoms with E-state index in [0.717, 1.165) is 18.9 Å². The van der Waals surface area contributed by atoms with Gasteiger partial charge in [0.1, 0.15) is 5.82 Å². The Hall–Kier alpha value is -1.87. The van der Waals surface area contributed by atoms with Crippen molar-refractivity contribution in [2.24, 2.45) is 0 Å². The molecule has 0 saturated carbocycles. The van der Waals surface area contributed by atoms with Crippen molar-refractivity contribution < 1.29 is 0 Å². The van der Waals surface area contributed by atoms with Gasteiger partial charge in [0.2, 0.25) is 0 Å². The van der Waals surface area contributed by atoms with Gasteiger partial charge in [-0.1, -0.05) is 30.3 Å². The van der Waals surface area contributed by atoms with Crippen LogP contribution in [0.5, 0.6) is 0 Å². The molecule has 0 atom stereocenters. The van der Waals surface area contributed by atoms with Gasteiger partial charge in [0.25, 0.3) is 0 Å². The van der Waals surface area contributed by atoms with Gasteiger partial charge in [-0.05, 0) is 30.3 Å². The SMILES string of the molecule is CNc1cc(CN(C)Cc2ccccc2)ccn1. The molecule has 0 aliphatic carbocycles. The van der Waals surface area contributed by atoms with Crippen molar-refractivity contribution >= 4 is 5.82 Å². The first-order valence-electron chi connectivity index (χ1n) is 6.13. The summed E-state index contributed by atoms with van der Waals surface area (Å²) in [6, 6.07) is 14.7. The van der Waals surface area contributed by atoms with E-state index in [1.165, 1.54) is 11.1 Å². The van der Waals surface area contributed by atoms with Gasteiger partial charge < -0.3 is 5.32 Å². The van der Waals surface area contributed by atoms with Gasteiger partial charge in [-0.3, -0.25) is 4.90 Å². The topological polar surface area (TPSA) is 28.2 Å². The fourth-order valence-corrected chi connectivity index (χ4v) is 1.97. The second-order valence-corrected chi connectivity index (χ2v) is 4.46. The van der Waals surface area contributed by atoms with Crippen LogP contribution < -0.4 is 5.32 Å². The molecule has 1 heterocycles. The molecule has 1 N–H and O–H groups in total. The molecule has 0 aliphatic heterocycles. The number of hydrogen-bond donors (Lipinski definition) is 1. The fourth-order valence-electron chi connectivity index (χ4n) is 1.97. The Bertz CT molecular complexity index is 482. The maximum atomic E-state index is 4.22. The minimum absolute atomic E-state index is 0.917. The molecule has 18 heavy (non-hydrogen) atoms. The molecule has 0 bridgehead atoms. The van der Waals surface area contributed by atoms with E-state index in [2.05, 4.69) is 58.6 Å². The van der Waals surface area contributed by atoms with Crippen molar-refractivity contribution in [2.45, 2.75) is 13.1 Å². The highest BCUT2D eigenvalue weighted by molar-refractivity contribution is 5.36. The lowest BCUT2D eigenvalue weighted by molar-refractivity contribution is 0.319. The number of pyridine rings is 1. The summed E-state index contributed by atoms with van der Waals surface area (Å²) in [7, 11) is 4.02. The first-order chi connectivity index (χ1) is 8.78. The van der Waals surface area contributed by atoms with E-state index in [0.29, 0.717) is 0 Å². The van der Waals surface area contributed by atoms with E-state index in [1.807, 2.05) is 19.3 Å². The molecule has 2 rings (SSSR count). The Kier molecular flexibility index (Phi) is 4.31. The summed E-state index contributed by atoms with van der Waals surface area (Å²) in [5.74, 6) is 0.917. The molecule has 3 nitrogen and oxygen atoms in total. The highest BCUT2D eigenvalue weighted by Crippen LogP contribution is 2.10. The molecule has 1 aromatic carbocycles. The van der Waals surface area contributed by atoms with Crippen LogP contribution in [0.25, 0.3) is 0 Å². The quantitative estimate of drug-likeness (QED) is 0.872. The predicted octanol–water partition coefficient (Wildman–Crippen LogP) is 2.76. The van der Waals surface area contributed by atoms with Crippen LogP contribution in [0.4, 0.5) is 5.82 Å². The average Bonchev–Trinajstić information content (AvgIpc) is 2.40. The summed E-state index contributed by atoms with van der Waals surface area (Å²) < 4.78 is 0. The van der Waals surface area contributed by atoms with Crippen LogP contribution in [-0.4, -0.2) is 24.0 Å². The molecule has 0 saturated heterocycles. The number of rotatable bonds is 5.